The molecular formula is C13H22N4O. The lowest BCUT2D eigenvalue weighted by atomic mass is 9.95. The fourth-order valence-electron chi connectivity index (χ4n) is 2.28. The molecule has 1 aliphatic rings. The van der Waals surface area contributed by atoms with Crippen LogP contribution in [-0.2, 0) is 18.3 Å². The minimum absolute atomic E-state index is 0.130. The van der Waals surface area contributed by atoms with E-state index in [0.717, 1.165) is 31.5 Å². The summed E-state index contributed by atoms with van der Waals surface area (Å²) >= 11 is 0. The number of carbonyl (C=O) groups excluding carboxylic acids is 1. The fraction of sp³-hybridized carbons (Fsp3) is 0.692. The van der Waals surface area contributed by atoms with E-state index in [9.17, 15) is 4.79 Å². The molecule has 5 nitrogen and oxygen atoms in total. The Bertz CT molecular complexity index is 393. The van der Waals surface area contributed by atoms with E-state index in [4.69, 9.17) is 0 Å². The first-order valence-electron chi connectivity index (χ1n) is 6.65. The highest BCUT2D eigenvalue weighted by molar-refractivity contribution is 5.78. The summed E-state index contributed by atoms with van der Waals surface area (Å²) in [5.41, 5.74) is 1.02. The van der Waals surface area contributed by atoms with Gasteiger partial charge in [-0.1, -0.05) is 0 Å². The van der Waals surface area contributed by atoms with Gasteiger partial charge in [-0.15, -0.1) is 0 Å². The number of nitrogens with zero attached hydrogens (tertiary/aromatic N) is 2. The van der Waals surface area contributed by atoms with Gasteiger partial charge in [0.2, 0.25) is 5.91 Å². The first kappa shape index (κ1) is 13.1. The molecule has 0 saturated carbocycles. The molecule has 1 amide bonds. The smallest absolute Gasteiger partial charge is 0.224 e. The molecule has 2 atom stereocenters. The number of nitrogens with one attached hydrogen (secondary N) is 2. The zero-order chi connectivity index (χ0) is 13.0. The second kappa shape index (κ2) is 6.00. The molecule has 1 fully saturated rings. The van der Waals surface area contributed by atoms with Crippen LogP contribution in [0.2, 0.25) is 0 Å². The lowest BCUT2D eigenvalue weighted by Gasteiger charge is -2.26. The van der Waals surface area contributed by atoms with Gasteiger partial charge in [0.25, 0.3) is 0 Å². The summed E-state index contributed by atoms with van der Waals surface area (Å²) < 4.78 is 1.78. The van der Waals surface area contributed by atoms with Crippen LogP contribution >= 0.6 is 0 Å². The zero-order valence-corrected chi connectivity index (χ0v) is 11.1. The van der Waals surface area contributed by atoms with Gasteiger partial charge < -0.3 is 10.6 Å². The maximum atomic E-state index is 11.9. The summed E-state index contributed by atoms with van der Waals surface area (Å²) in [5, 5.41) is 10.6. The molecule has 2 heterocycles. The average Bonchev–Trinajstić information content (AvgIpc) is 2.76. The third-order valence-corrected chi connectivity index (χ3v) is 3.48. The molecule has 5 heteroatoms. The summed E-state index contributed by atoms with van der Waals surface area (Å²) in [7, 11) is 1.90. The van der Waals surface area contributed by atoms with E-state index in [-0.39, 0.29) is 11.8 Å². The van der Waals surface area contributed by atoms with Crippen molar-refractivity contribution in [1.82, 2.24) is 20.4 Å². The van der Waals surface area contributed by atoms with E-state index in [2.05, 4.69) is 22.7 Å². The molecule has 100 valence electrons. The van der Waals surface area contributed by atoms with E-state index in [1.807, 2.05) is 19.3 Å². The van der Waals surface area contributed by atoms with Gasteiger partial charge in [0.1, 0.15) is 0 Å². The van der Waals surface area contributed by atoms with Crippen LogP contribution in [0.4, 0.5) is 0 Å². The van der Waals surface area contributed by atoms with Crippen LogP contribution in [-0.4, -0.2) is 34.8 Å². The second-order valence-electron chi connectivity index (χ2n) is 5.11. The molecule has 2 rings (SSSR count). The Morgan fingerprint density at radius 1 is 1.61 bits per heavy atom. The van der Waals surface area contributed by atoms with Crippen molar-refractivity contribution in [3.05, 3.63) is 18.0 Å². The molecule has 0 aromatic carbocycles. The molecule has 0 spiro atoms. The van der Waals surface area contributed by atoms with Crippen molar-refractivity contribution in [3.63, 3.8) is 0 Å². The van der Waals surface area contributed by atoms with Crippen molar-refractivity contribution in [2.24, 2.45) is 13.0 Å². The van der Waals surface area contributed by atoms with Gasteiger partial charge >= 0.3 is 0 Å². The number of amides is 1. The minimum Gasteiger partial charge on any atom is -0.355 e. The SMILES string of the molecule is CC1CCC(C(=O)NCCc2ccn(C)n2)CN1. The summed E-state index contributed by atoms with van der Waals surface area (Å²) in [6.45, 7) is 3.63. The van der Waals surface area contributed by atoms with E-state index in [0.29, 0.717) is 12.6 Å². The molecule has 1 aromatic heterocycles. The van der Waals surface area contributed by atoms with Crippen LogP contribution in [0.5, 0.6) is 0 Å². The van der Waals surface area contributed by atoms with Gasteiger partial charge in [-0.3, -0.25) is 9.48 Å². The summed E-state index contributed by atoms with van der Waals surface area (Å²) in [4.78, 5) is 11.9. The number of aromatic nitrogens is 2. The standard InChI is InChI=1S/C13H22N4O/c1-10-3-4-11(9-15-10)13(18)14-7-5-12-6-8-17(2)16-12/h6,8,10-11,15H,3-5,7,9H2,1-2H3,(H,14,18). The van der Waals surface area contributed by atoms with Crippen molar-refractivity contribution in [2.75, 3.05) is 13.1 Å². The van der Waals surface area contributed by atoms with Gasteiger partial charge in [0.15, 0.2) is 0 Å². The lowest BCUT2D eigenvalue weighted by molar-refractivity contribution is -0.125. The second-order valence-corrected chi connectivity index (χ2v) is 5.11. The highest BCUT2D eigenvalue weighted by Gasteiger charge is 2.23. The van der Waals surface area contributed by atoms with Crippen LogP contribution in [0.1, 0.15) is 25.5 Å². The molecule has 0 bridgehead atoms. The molecule has 0 radical (unpaired) electrons. The third-order valence-electron chi connectivity index (χ3n) is 3.48. The van der Waals surface area contributed by atoms with Crippen molar-refractivity contribution < 1.29 is 4.79 Å². The number of hydrogen-bond acceptors (Lipinski definition) is 3. The average molecular weight is 250 g/mol. The van der Waals surface area contributed by atoms with E-state index in [1.165, 1.54) is 0 Å². The molecular weight excluding hydrogens is 228 g/mol. The molecule has 1 aromatic rings. The Kier molecular flexibility index (Phi) is 4.36. The monoisotopic (exact) mass is 250 g/mol. The maximum Gasteiger partial charge on any atom is 0.224 e. The molecule has 18 heavy (non-hydrogen) atoms. The van der Waals surface area contributed by atoms with Gasteiger partial charge in [-0.05, 0) is 25.8 Å². The Labute approximate surface area is 108 Å². The lowest BCUT2D eigenvalue weighted by Crippen LogP contribution is -2.44. The third kappa shape index (κ3) is 3.57. The molecule has 1 aliphatic heterocycles. The normalized spacial score (nSPS) is 23.9. The summed E-state index contributed by atoms with van der Waals surface area (Å²) in [6, 6.07) is 2.53. The number of carbonyl (C=O) groups is 1. The van der Waals surface area contributed by atoms with Gasteiger partial charge in [-0.25, -0.2) is 0 Å². The van der Waals surface area contributed by atoms with Crippen molar-refractivity contribution in [3.8, 4) is 0 Å². The summed E-state index contributed by atoms with van der Waals surface area (Å²) in [6.07, 6.45) is 4.79. The largest absolute Gasteiger partial charge is 0.355 e. The Hall–Kier alpha value is -1.36. The topological polar surface area (TPSA) is 59.0 Å². The maximum absolute atomic E-state index is 11.9. The first-order valence-corrected chi connectivity index (χ1v) is 6.65. The molecule has 2 N–H and O–H groups in total. The number of hydrogen-bond donors (Lipinski definition) is 2. The Morgan fingerprint density at radius 3 is 3.06 bits per heavy atom. The first-order chi connectivity index (χ1) is 8.65. The van der Waals surface area contributed by atoms with Gasteiger partial charge in [0.05, 0.1) is 11.6 Å². The predicted octanol–water partition coefficient (Wildman–Crippen LogP) is 0.467. The van der Waals surface area contributed by atoms with Crippen LogP contribution < -0.4 is 10.6 Å². The van der Waals surface area contributed by atoms with Crippen LogP contribution in [0.15, 0.2) is 12.3 Å². The van der Waals surface area contributed by atoms with E-state index in [1.54, 1.807) is 4.68 Å². The van der Waals surface area contributed by atoms with Crippen molar-refractivity contribution in [2.45, 2.75) is 32.2 Å². The minimum atomic E-state index is 0.130. The van der Waals surface area contributed by atoms with Crippen LogP contribution in [0.25, 0.3) is 0 Å². The predicted molar refractivity (Wildman–Crippen MR) is 70.1 cm³/mol. The van der Waals surface area contributed by atoms with Crippen LogP contribution in [0.3, 0.4) is 0 Å². The molecule has 1 saturated heterocycles. The molecule has 0 aliphatic carbocycles. The highest BCUT2D eigenvalue weighted by Crippen LogP contribution is 2.13. The Morgan fingerprint density at radius 2 is 2.44 bits per heavy atom. The van der Waals surface area contributed by atoms with Crippen molar-refractivity contribution >= 4 is 5.91 Å². The highest BCUT2D eigenvalue weighted by atomic mass is 16.1. The van der Waals surface area contributed by atoms with Gasteiger partial charge in [0, 0.05) is 38.8 Å². The fourth-order valence-corrected chi connectivity index (χ4v) is 2.28. The summed E-state index contributed by atoms with van der Waals surface area (Å²) in [5.74, 6) is 0.301. The quantitative estimate of drug-likeness (QED) is 0.816. The number of rotatable bonds is 4. The van der Waals surface area contributed by atoms with Crippen molar-refractivity contribution in [1.29, 1.82) is 0 Å². The van der Waals surface area contributed by atoms with Gasteiger partial charge in [-0.2, -0.15) is 5.10 Å². The molecule has 2 unspecified atom stereocenters. The van der Waals surface area contributed by atoms with Crippen LogP contribution in [0, 0.1) is 5.92 Å². The zero-order valence-electron chi connectivity index (χ0n) is 11.1. The number of aryl methyl sites for hydroxylation is 1. The Balaban J connectivity index is 1.68. The van der Waals surface area contributed by atoms with E-state index < -0.39 is 0 Å². The number of piperidine rings is 1. The van der Waals surface area contributed by atoms with E-state index >= 15 is 0 Å².